The highest BCUT2D eigenvalue weighted by Gasteiger charge is 2.30. The van der Waals surface area contributed by atoms with Gasteiger partial charge in [-0.15, -0.1) is 0 Å². The molecule has 0 aliphatic carbocycles. The van der Waals surface area contributed by atoms with Crippen LogP contribution >= 0.6 is 0 Å². The lowest BCUT2D eigenvalue weighted by molar-refractivity contribution is 0.250. The Morgan fingerprint density at radius 2 is 2.20 bits per heavy atom. The van der Waals surface area contributed by atoms with Gasteiger partial charge in [0.2, 0.25) is 0 Å². The van der Waals surface area contributed by atoms with Crippen LogP contribution in [0.1, 0.15) is 26.7 Å². The van der Waals surface area contributed by atoms with E-state index in [1.54, 1.807) is 0 Å². The Morgan fingerprint density at radius 3 is 2.73 bits per heavy atom. The van der Waals surface area contributed by atoms with Crippen molar-refractivity contribution in [1.82, 2.24) is 9.03 Å². The van der Waals surface area contributed by atoms with Gasteiger partial charge in [-0.2, -0.15) is 12.7 Å². The average Bonchev–Trinajstić information content (AvgIpc) is 2.19. The summed E-state index contributed by atoms with van der Waals surface area (Å²) < 4.78 is 27.5. The number of nitrogens with one attached hydrogen (secondary N) is 1. The van der Waals surface area contributed by atoms with Crippen molar-refractivity contribution >= 4 is 10.2 Å². The summed E-state index contributed by atoms with van der Waals surface area (Å²) in [5, 5.41) is 0. The fourth-order valence-electron chi connectivity index (χ4n) is 1.61. The summed E-state index contributed by atoms with van der Waals surface area (Å²) in [6.07, 6.45) is 1.64. The topological polar surface area (TPSA) is 75.4 Å². The van der Waals surface area contributed by atoms with E-state index in [0.717, 1.165) is 12.8 Å². The molecule has 1 aliphatic rings. The number of hydrogen-bond acceptors (Lipinski definition) is 3. The van der Waals surface area contributed by atoms with Gasteiger partial charge in [0.25, 0.3) is 10.2 Å². The molecule has 3 N–H and O–H groups in total. The monoisotopic (exact) mass is 235 g/mol. The molecule has 1 saturated heterocycles. The molecule has 1 heterocycles. The maximum atomic E-state index is 11.8. The van der Waals surface area contributed by atoms with Gasteiger partial charge in [0.15, 0.2) is 0 Å². The standard InChI is InChI=1S/C9H21N3O2S/c1-3-5-11-15(13,14)12-6-4-8(2)9(10)7-12/h8-9,11H,3-7,10H2,1-2H3. The Labute approximate surface area is 92.2 Å². The van der Waals surface area contributed by atoms with Crippen molar-refractivity contribution < 1.29 is 8.42 Å². The molecule has 1 rings (SSSR count). The van der Waals surface area contributed by atoms with E-state index >= 15 is 0 Å². The second-order valence-electron chi connectivity index (χ2n) is 4.19. The molecule has 0 bridgehead atoms. The van der Waals surface area contributed by atoms with Crippen LogP contribution in [0.25, 0.3) is 0 Å². The predicted molar refractivity (Wildman–Crippen MR) is 60.5 cm³/mol. The summed E-state index contributed by atoms with van der Waals surface area (Å²) in [6, 6.07) is -0.0445. The highest BCUT2D eigenvalue weighted by molar-refractivity contribution is 7.87. The van der Waals surface area contributed by atoms with E-state index in [2.05, 4.69) is 11.6 Å². The summed E-state index contributed by atoms with van der Waals surface area (Å²) in [6.45, 7) is 5.50. The lowest BCUT2D eigenvalue weighted by atomic mass is 9.96. The number of hydrogen-bond donors (Lipinski definition) is 2. The van der Waals surface area contributed by atoms with Crippen LogP contribution < -0.4 is 10.5 Å². The van der Waals surface area contributed by atoms with Crippen LogP contribution in [-0.2, 0) is 10.2 Å². The highest BCUT2D eigenvalue weighted by Crippen LogP contribution is 2.17. The molecule has 0 aromatic heterocycles. The van der Waals surface area contributed by atoms with Crippen LogP contribution in [0.2, 0.25) is 0 Å². The summed E-state index contributed by atoms with van der Waals surface area (Å²) in [7, 11) is -3.30. The number of nitrogens with zero attached hydrogens (tertiary/aromatic N) is 1. The van der Waals surface area contributed by atoms with Gasteiger partial charge in [-0.25, -0.2) is 4.72 Å². The molecule has 0 radical (unpaired) electrons. The molecule has 1 fully saturated rings. The number of piperidine rings is 1. The SMILES string of the molecule is CCCNS(=O)(=O)N1CCC(C)C(N)C1. The third kappa shape index (κ3) is 3.41. The quantitative estimate of drug-likeness (QED) is 0.714. The number of nitrogens with two attached hydrogens (primary N) is 1. The minimum atomic E-state index is -3.30. The van der Waals surface area contributed by atoms with E-state index in [-0.39, 0.29) is 6.04 Å². The molecule has 5 nitrogen and oxygen atoms in total. The van der Waals surface area contributed by atoms with E-state index in [1.807, 2.05) is 6.92 Å². The summed E-state index contributed by atoms with van der Waals surface area (Å²) >= 11 is 0. The Morgan fingerprint density at radius 1 is 1.53 bits per heavy atom. The Hall–Kier alpha value is -0.170. The van der Waals surface area contributed by atoms with E-state index in [1.165, 1.54) is 4.31 Å². The maximum absolute atomic E-state index is 11.8. The van der Waals surface area contributed by atoms with Crippen LogP contribution in [0, 0.1) is 5.92 Å². The van der Waals surface area contributed by atoms with Gasteiger partial charge in [-0.3, -0.25) is 0 Å². The Kier molecular flexibility index (Phi) is 4.51. The summed E-state index contributed by atoms with van der Waals surface area (Å²) in [5.74, 6) is 0.405. The van der Waals surface area contributed by atoms with Gasteiger partial charge in [-0.1, -0.05) is 13.8 Å². The van der Waals surface area contributed by atoms with Gasteiger partial charge >= 0.3 is 0 Å². The van der Waals surface area contributed by atoms with E-state index in [0.29, 0.717) is 25.6 Å². The molecular weight excluding hydrogens is 214 g/mol. The van der Waals surface area contributed by atoms with Crippen molar-refractivity contribution in [2.24, 2.45) is 11.7 Å². The van der Waals surface area contributed by atoms with Gasteiger partial charge in [0.1, 0.15) is 0 Å². The smallest absolute Gasteiger partial charge is 0.279 e. The number of rotatable bonds is 4. The average molecular weight is 235 g/mol. The Bertz CT molecular complexity index is 292. The first-order valence-corrected chi connectivity index (χ1v) is 6.91. The molecule has 0 aromatic carbocycles. The minimum absolute atomic E-state index is 0.0445. The van der Waals surface area contributed by atoms with Crippen LogP contribution in [0.3, 0.4) is 0 Å². The van der Waals surface area contributed by atoms with Gasteiger partial charge in [0, 0.05) is 25.7 Å². The van der Waals surface area contributed by atoms with Crippen molar-refractivity contribution in [3.63, 3.8) is 0 Å². The molecular formula is C9H21N3O2S. The molecule has 6 heteroatoms. The molecule has 1 aliphatic heterocycles. The van der Waals surface area contributed by atoms with E-state index in [4.69, 9.17) is 5.73 Å². The van der Waals surface area contributed by atoms with Crippen molar-refractivity contribution in [3.8, 4) is 0 Å². The van der Waals surface area contributed by atoms with Gasteiger partial charge in [-0.05, 0) is 18.8 Å². The molecule has 0 aromatic rings. The van der Waals surface area contributed by atoms with Crippen molar-refractivity contribution in [2.75, 3.05) is 19.6 Å². The Balaban J connectivity index is 2.57. The van der Waals surface area contributed by atoms with E-state index in [9.17, 15) is 8.42 Å². The van der Waals surface area contributed by atoms with Gasteiger partial charge in [0.05, 0.1) is 0 Å². The molecule has 2 atom stereocenters. The molecule has 0 spiro atoms. The zero-order valence-corrected chi connectivity index (χ0v) is 10.3. The van der Waals surface area contributed by atoms with E-state index < -0.39 is 10.2 Å². The second-order valence-corrected chi connectivity index (χ2v) is 5.94. The van der Waals surface area contributed by atoms with Crippen LogP contribution in [0.15, 0.2) is 0 Å². The van der Waals surface area contributed by atoms with Crippen molar-refractivity contribution in [3.05, 3.63) is 0 Å². The second kappa shape index (κ2) is 5.25. The normalized spacial score (nSPS) is 29.3. The molecule has 2 unspecified atom stereocenters. The fourth-order valence-corrected chi connectivity index (χ4v) is 2.97. The fraction of sp³-hybridized carbons (Fsp3) is 1.00. The third-order valence-corrected chi connectivity index (χ3v) is 4.43. The zero-order valence-electron chi connectivity index (χ0n) is 9.44. The first-order chi connectivity index (χ1) is 6.97. The largest absolute Gasteiger partial charge is 0.326 e. The maximum Gasteiger partial charge on any atom is 0.279 e. The molecule has 15 heavy (non-hydrogen) atoms. The van der Waals surface area contributed by atoms with Crippen LogP contribution in [0.4, 0.5) is 0 Å². The highest BCUT2D eigenvalue weighted by atomic mass is 32.2. The molecule has 90 valence electrons. The lowest BCUT2D eigenvalue weighted by Gasteiger charge is -2.34. The molecule has 0 amide bonds. The molecule has 0 saturated carbocycles. The van der Waals surface area contributed by atoms with Crippen LogP contribution in [-0.4, -0.2) is 38.4 Å². The van der Waals surface area contributed by atoms with Crippen molar-refractivity contribution in [1.29, 1.82) is 0 Å². The summed E-state index contributed by atoms with van der Waals surface area (Å²) in [4.78, 5) is 0. The minimum Gasteiger partial charge on any atom is -0.326 e. The zero-order chi connectivity index (χ0) is 11.5. The predicted octanol–water partition coefficient (Wildman–Crippen LogP) is -0.100. The first-order valence-electron chi connectivity index (χ1n) is 5.47. The van der Waals surface area contributed by atoms with Gasteiger partial charge < -0.3 is 5.73 Å². The van der Waals surface area contributed by atoms with Crippen LogP contribution in [0.5, 0.6) is 0 Å². The first kappa shape index (κ1) is 12.9. The summed E-state index contributed by atoms with van der Waals surface area (Å²) in [5.41, 5.74) is 5.86. The van der Waals surface area contributed by atoms with Crippen molar-refractivity contribution in [2.45, 2.75) is 32.7 Å². The lowest BCUT2D eigenvalue weighted by Crippen LogP contribution is -2.52. The third-order valence-electron chi connectivity index (χ3n) is 2.85.